The molecule has 1 nitrogen and oxygen atoms in total. The number of hydrogen-bond acceptors (Lipinski definition) is 1. The molecule has 0 spiro atoms. The molecule has 0 amide bonds. The number of hydrogen-bond donors (Lipinski definition) is 0. The van der Waals surface area contributed by atoms with Crippen LogP contribution < -0.4 is 0 Å². The zero-order valence-electron chi connectivity index (χ0n) is 6.14. The summed E-state index contributed by atoms with van der Waals surface area (Å²) in [5.41, 5.74) is 0.150. The van der Waals surface area contributed by atoms with Crippen LogP contribution in [-0.4, -0.2) is 18.5 Å². The van der Waals surface area contributed by atoms with Crippen LogP contribution in [0.15, 0.2) is 0 Å². The van der Waals surface area contributed by atoms with E-state index in [1.54, 1.807) is 0 Å². The van der Waals surface area contributed by atoms with Gasteiger partial charge in [0, 0.05) is 0 Å². The molecule has 54 valence electrons. The Kier molecular flexibility index (Phi) is 1.46. The molecule has 0 atom stereocenters. The summed E-state index contributed by atoms with van der Waals surface area (Å²) in [6.07, 6.45) is 7.83. The molecule has 0 aliphatic carbocycles. The zero-order valence-corrected chi connectivity index (χ0v) is 7.03. The lowest BCUT2D eigenvalue weighted by Crippen LogP contribution is -2.32. The van der Waals surface area contributed by atoms with E-state index in [1.165, 1.54) is 37.7 Å². The Morgan fingerprint density at radius 2 is 1.60 bits per heavy atom. The molecule has 3 fully saturated rings. The molecule has 0 aromatic heterocycles. The number of fused-ring (bicyclic) bond motifs is 3. The van der Waals surface area contributed by atoms with Crippen LogP contribution in [0.25, 0.3) is 0 Å². The van der Waals surface area contributed by atoms with Gasteiger partial charge in [0.05, 0.1) is 11.5 Å². The molecule has 3 aliphatic rings. The predicted octanol–water partition coefficient (Wildman–Crippen LogP) is 2.18. The van der Waals surface area contributed by atoms with Crippen molar-refractivity contribution in [2.45, 2.75) is 19.3 Å². The van der Waals surface area contributed by atoms with Crippen molar-refractivity contribution in [3.05, 3.63) is 0 Å². The van der Waals surface area contributed by atoms with Crippen LogP contribution in [0.2, 0.25) is 0 Å². The van der Waals surface area contributed by atoms with E-state index < -0.39 is 0 Å². The third-order valence-corrected chi connectivity index (χ3v) is 5.53. The summed E-state index contributed by atoms with van der Waals surface area (Å²) in [6.45, 7) is 0. The highest BCUT2D eigenvalue weighted by molar-refractivity contribution is 7.57. The van der Waals surface area contributed by atoms with Crippen molar-refractivity contribution in [3.8, 4) is 6.07 Å². The van der Waals surface area contributed by atoms with Crippen molar-refractivity contribution in [3.63, 3.8) is 0 Å². The van der Waals surface area contributed by atoms with Gasteiger partial charge in [0.25, 0.3) is 0 Å². The van der Waals surface area contributed by atoms with Crippen LogP contribution in [0.1, 0.15) is 19.3 Å². The van der Waals surface area contributed by atoms with Gasteiger partial charge >= 0.3 is 0 Å². The molecule has 0 unspecified atom stereocenters. The van der Waals surface area contributed by atoms with Gasteiger partial charge in [0.2, 0.25) is 0 Å². The van der Waals surface area contributed by atoms with Gasteiger partial charge in [-0.1, -0.05) is 0 Å². The van der Waals surface area contributed by atoms with Crippen molar-refractivity contribution in [1.82, 2.24) is 0 Å². The third kappa shape index (κ3) is 0.867. The fourth-order valence-corrected chi connectivity index (χ4v) is 4.90. The summed E-state index contributed by atoms with van der Waals surface area (Å²) in [6, 6.07) is 2.52. The van der Waals surface area contributed by atoms with Gasteiger partial charge < -0.3 is 0 Å². The molecule has 3 heterocycles. The Morgan fingerprint density at radius 1 is 1.10 bits per heavy atom. The number of nitriles is 1. The first-order valence-corrected chi connectivity index (χ1v) is 5.88. The molecule has 0 saturated carbocycles. The Balaban J connectivity index is 2.17. The predicted molar refractivity (Wildman–Crippen MR) is 43.4 cm³/mol. The van der Waals surface area contributed by atoms with Crippen molar-refractivity contribution >= 4 is 7.92 Å². The van der Waals surface area contributed by atoms with E-state index in [4.69, 9.17) is 5.26 Å². The molecular weight excluding hydrogens is 141 g/mol. The zero-order chi connectivity index (χ0) is 7.03. The van der Waals surface area contributed by atoms with Crippen LogP contribution >= 0.6 is 7.92 Å². The van der Waals surface area contributed by atoms with E-state index in [-0.39, 0.29) is 5.41 Å². The maximum Gasteiger partial charge on any atom is 0.0690 e. The molecular formula is C8H12NP. The molecule has 0 radical (unpaired) electrons. The minimum Gasteiger partial charge on any atom is -0.198 e. The second-order valence-electron chi connectivity index (χ2n) is 3.48. The first-order chi connectivity index (χ1) is 4.85. The topological polar surface area (TPSA) is 23.8 Å². The van der Waals surface area contributed by atoms with Crippen molar-refractivity contribution in [2.75, 3.05) is 18.5 Å². The third-order valence-electron chi connectivity index (χ3n) is 2.96. The minimum absolute atomic E-state index is 0.150. The van der Waals surface area contributed by atoms with E-state index in [9.17, 15) is 0 Å². The Morgan fingerprint density at radius 3 is 1.90 bits per heavy atom. The lowest BCUT2D eigenvalue weighted by molar-refractivity contribution is 0.331. The SMILES string of the molecule is N#CC12CCP(CC1)CC2. The van der Waals surface area contributed by atoms with Crippen LogP contribution in [0, 0.1) is 16.7 Å². The van der Waals surface area contributed by atoms with Crippen molar-refractivity contribution in [2.24, 2.45) is 5.41 Å². The summed E-state index contributed by atoms with van der Waals surface area (Å²) in [7, 11) is 0.408. The molecule has 2 bridgehead atoms. The monoisotopic (exact) mass is 153 g/mol. The van der Waals surface area contributed by atoms with Crippen molar-refractivity contribution < 1.29 is 0 Å². The second-order valence-corrected chi connectivity index (χ2v) is 6.17. The number of nitrogens with zero attached hydrogens (tertiary/aromatic N) is 1. The van der Waals surface area contributed by atoms with E-state index >= 15 is 0 Å². The highest BCUT2D eigenvalue weighted by Gasteiger charge is 2.40. The largest absolute Gasteiger partial charge is 0.198 e. The van der Waals surface area contributed by atoms with Crippen LogP contribution in [-0.2, 0) is 0 Å². The molecule has 3 saturated heterocycles. The fraction of sp³-hybridized carbons (Fsp3) is 0.875. The summed E-state index contributed by atoms with van der Waals surface area (Å²) in [5, 5.41) is 8.92. The van der Waals surface area contributed by atoms with E-state index in [0.29, 0.717) is 7.92 Å². The van der Waals surface area contributed by atoms with Crippen LogP contribution in [0.3, 0.4) is 0 Å². The minimum atomic E-state index is 0.150. The molecule has 3 rings (SSSR count). The second kappa shape index (κ2) is 2.21. The molecule has 2 heteroatoms. The number of rotatable bonds is 0. The summed E-state index contributed by atoms with van der Waals surface area (Å²) in [5.74, 6) is 0. The Hall–Kier alpha value is -0.0800. The lowest BCUT2D eigenvalue weighted by Gasteiger charge is -2.42. The average Bonchev–Trinajstić information content (AvgIpc) is 2.08. The van der Waals surface area contributed by atoms with Crippen LogP contribution in [0.5, 0.6) is 0 Å². The first kappa shape index (κ1) is 6.62. The Bertz CT molecular complexity index is 160. The maximum atomic E-state index is 8.92. The molecule has 0 aromatic carbocycles. The maximum absolute atomic E-state index is 8.92. The smallest absolute Gasteiger partial charge is 0.0690 e. The first-order valence-electron chi connectivity index (χ1n) is 3.98. The van der Waals surface area contributed by atoms with E-state index in [0.717, 1.165) is 0 Å². The van der Waals surface area contributed by atoms with Gasteiger partial charge in [0.15, 0.2) is 0 Å². The molecule has 0 N–H and O–H groups in total. The molecule has 3 aliphatic heterocycles. The quantitative estimate of drug-likeness (QED) is 0.489. The van der Waals surface area contributed by atoms with Gasteiger partial charge in [-0.3, -0.25) is 0 Å². The van der Waals surface area contributed by atoms with E-state index in [2.05, 4.69) is 6.07 Å². The van der Waals surface area contributed by atoms with Gasteiger partial charge in [-0.25, -0.2) is 0 Å². The normalized spacial score (nSPS) is 44.9. The Labute approximate surface area is 63.2 Å². The summed E-state index contributed by atoms with van der Waals surface area (Å²) < 4.78 is 0. The van der Waals surface area contributed by atoms with Crippen LogP contribution in [0.4, 0.5) is 0 Å². The lowest BCUT2D eigenvalue weighted by atomic mass is 9.80. The highest BCUT2D eigenvalue weighted by atomic mass is 31.1. The van der Waals surface area contributed by atoms with E-state index in [1.807, 2.05) is 0 Å². The van der Waals surface area contributed by atoms with Gasteiger partial charge in [0.1, 0.15) is 0 Å². The fourth-order valence-electron chi connectivity index (χ4n) is 1.99. The molecule has 0 aromatic rings. The average molecular weight is 153 g/mol. The van der Waals surface area contributed by atoms with Gasteiger partial charge in [-0.2, -0.15) is 5.26 Å². The standard InChI is InChI=1S/C8H12NP/c9-7-8-1-4-10(5-2-8)6-3-8/h1-6H2. The summed E-state index contributed by atoms with van der Waals surface area (Å²) in [4.78, 5) is 0. The highest BCUT2D eigenvalue weighted by Crippen LogP contribution is 2.56. The van der Waals surface area contributed by atoms with Crippen molar-refractivity contribution in [1.29, 1.82) is 5.26 Å². The molecule has 10 heavy (non-hydrogen) atoms. The summed E-state index contributed by atoms with van der Waals surface area (Å²) >= 11 is 0. The van der Waals surface area contributed by atoms with Gasteiger partial charge in [-0.15, -0.1) is 7.92 Å². The van der Waals surface area contributed by atoms with Gasteiger partial charge in [-0.05, 0) is 37.7 Å².